The Labute approximate surface area is 119 Å². The molecular weight excluding hydrogens is 294 g/mol. The maximum atomic E-state index is 13.7. The Morgan fingerprint density at radius 3 is 2.15 bits per heavy atom. The summed E-state index contributed by atoms with van der Waals surface area (Å²) in [5.74, 6) is -0.489. The van der Waals surface area contributed by atoms with Gasteiger partial charge in [0.15, 0.2) is 0 Å². The zero-order valence-electron chi connectivity index (χ0n) is 10.2. The Morgan fingerprint density at radius 2 is 1.60 bits per heavy atom. The zero-order valence-corrected chi connectivity index (χ0v) is 11.1. The van der Waals surface area contributed by atoms with Gasteiger partial charge < -0.3 is 5.73 Å². The summed E-state index contributed by atoms with van der Waals surface area (Å²) in [6, 6.07) is 9.05. The third kappa shape index (κ3) is 3.29. The average molecular weight is 306 g/mol. The fraction of sp³-hybridized carbons (Fsp3) is 0.143. The minimum absolute atomic E-state index is 0. The van der Waals surface area contributed by atoms with E-state index >= 15 is 0 Å². The second-order valence-corrected chi connectivity index (χ2v) is 4.05. The Bertz CT molecular complexity index is 596. The molecule has 2 rings (SSSR count). The second kappa shape index (κ2) is 6.24. The molecule has 2 N–H and O–H groups in total. The summed E-state index contributed by atoms with van der Waals surface area (Å²) in [5.41, 5.74) is 5.57. The Morgan fingerprint density at radius 1 is 0.950 bits per heavy atom. The Kier molecular flexibility index (Phi) is 5.14. The van der Waals surface area contributed by atoms with Crippen molar-refractivity contribution in [3.63, 3.8) is 0 Å². The van der Waals surface area contributed by atoms with Gasteiger partial charge in [0.25, 0.3) is 0 Å². The molecular formula is C14H12ClF4N. The molecule has 0 saturated carbocycles. The van der Waals surface area contributed by atoms with Crippen LogP contribution in [0.3, 0.4) is 0 Å². The molecule has 0 atom stereocenters. The second-order valence-electron chi connectivity index (χ2n) is 4.05. The van der Waals surface area contributed by atoms with Crippen molar-refractivity contribution in [2.75, 3.05) is 0 Å². The fourth-order valence-electron chi connectivity index (χ4n) is 1.88. The van der Waals surface area contributed by atoms with Crippen LogP contribution in [0.15, 0.2) is 42.5 Å². The van der Waals surface area contributed by atoms with Crippen molar-refractivity contribution in [2.24, 2.45) is 5.73 Å². The monoisotopic (exact) mass is 305 g/mol. The van der Waals surface area contributed by atoms with E-state index in [1.54, 1.807) is 6.07 Å². The van der Waals surface area contributed by atoms with Crippen LogP contribution in [0.4, 0.5) is 17.6 Å². The molecule has 6 heteroatoms. The van der Waals surface area contributed by atoms with E-state index in [9.17, 15) is 17.6 Å². The van der Waals surface area contributed by atoms with Gasteiger partial charge in [-0.3, -0.25) is 0 Å². The highest BCUT2D eigenvalue weighted by Crippen LogP contribution is 2.33. The van der Waals surface area contributed by atoms with Crippen LogP contribution in [0.5, 0.6) is 0 Å². The lowest BCUT2D eigenvalue weighted by atomic mass is 9.97. The quantitative estimate of drug-likeness (QED) is 0.818. The van der Waals surface area contributed by atoms with E-state index in [-0.39, 0.29) is 30.1 Å². The number of hydrogen-bond donors (Lipinski definition) is 1. The summed E-state index contributed by atoms with van der Waals surface area (Å²) in [5, 5.41) is 0. The molecule has 0 aliphatic heterocycles. The van der Waals surface area contributed by atoms with Crippen molar-refractivity contribution in [3.8, 4) is 11.1 Å². The molecule has 0 radical (unpaired) electrons. The lowest BCUT2D eigenvalue weighted by Crippen LogP contribution is -2.08. The van der Waals surface area contributed by atoms with E-state index in [1.165, 1.54) is 24.3 Å². The summed E-state index contributed by atoms with van der Waals surface area (Å²) in [7, 11) is 0. The summed E-state index contributed by atoms with van der Waals surface area (Å²) in [4.78, 5) is 0. The van der Waals surface area contributed by atoms with Gasteiger partial charge in [-0.25, -0.2) is 4.39 Å². The molecule has 0 amide bonds. The predicted octanol–water partition coefficient (Wildman–Crippen LogP) is 4.39. The van der Waals surface area contributed by atoms with E-state index in [4.69, 9.17) is 5.73 Å². The molecule has 0 saturated heterocycles. The van der Waals surface area contributed by atoms with Gasteiger partial charge in [0.1, 0.15) is 5.82 Å². The highest BCUT2D eigenvalue weighted by molar-refractivity contribution is 5.85. The number of benzene rings is 2. The zero-order chi connectivity index (χ0) is 14.0. The number of alkyl halides is 3. The number of nitrogens with two attached hydrogens (primary N) is 1. The predicted molar refractivity (Wildman–Crippen MR) is 72.0 cm³/mol. The first-order valence-electron chi connectivity index (χ1n) is 5.58. The lowest BCUT2D eigenvalue weighted by Gasteiger charge is -2.13. The Balaban J connectivity index is 0.00000200. The summed E-state index contributed by atoms with van der Waals surface area (Å²) in [6.45, 7) is -0.0897. The van der Waals surface area contributed by atoms with Gasteiger partial charge in [-0.1, -0.05) is 24.3 Å². The van der Waals surface area contributed by atoms with Crippen molar-refractivity contribution < 1.29 is 17.6 Å². The summed E-state index contributed by atoms with van der Waals surface area (Å²) in [6.07, 6.45) is -4.43. The highest BCUT2D eigenvalue weighted by Gasteiger charge is 2.31. The van der Waals surface area contributed by atoms with Crippen molar-refractivity contribution in [3.05, 3.63) is 59.4 Å². The third-order valence-corrected chi connectivity index (χ3v) is 2.82. The van der Waals surface area contributed by atoms with Gasteiger partial charge in [-0.15, -0.1) is 12.4 Å². The molecule has 0 bridgehead atoms. The molecule has 1 nitrogen and oxygen atoms in total. The topological polar surface area (TPSA) is 26.0 Å². The van der Waals surface area contributed by atoms with Crippen LogP contribution in [0.25, 0.3) is 11.1 Å². The fourth-order valence-corrected chi connectivity index (χ4v) is 1.88. The van der Waals surface area contributed by atoms with E-state index in [1.807, 2.05) is 0 Å². The third-order valence-electron chi connectivity index (χ3n) is 2.82. The van der Waals surface area contributed by atoms with Crippen LogP contribution in [0.2, 0.25) is 0 Å². The summed E-state index contributed by atoms with van der Waals surface area (Å²) < 4.78 is 51.5. The van der Waals surface area contributed by atoms with Gasteiger partial charge in [-0.2, -0.15) is 13.2 Å². The van der Waals surface area contributed by atoms with E-state index in [0.29, 0.717) is 5.56 Å². The molecule has 2 aromatic rings. The first kappa shape index (κ1) is 16.5. The molecule has 0 heterocycles. The largest absolute Gasteiger partial charge is 0.416 e. The van der Waals surface area contributed by atoms with Gasteiger partial charge in [-0.05, 0) is 29.3 Å². The van der Waals surface area contributed by atoms with Crippen LogP contribution in [-0.4, -0.2) is 0 Å². The molecule has 0 aliphatic carbocycles. The lowest BCUT2D eigenvalue weighted by molar-refractivity contribution is -0.137. The maximum Gasteiger partial charge on any atom is 0.416 e. The number of rotatable bonds is 2. The Hall–Kier alpha value is -1.59. The molecule has 0 aliphatic rings. The molecule has 0 fully saturated rings. The van der Waals surface area contributed by atoms with Gasteiger partial charge in [0.05, 0.1) is 5.56 Å². The minimum atomic E-state index is -4.43. The smallest absolute Gasteiger partial charge is 0.326 e. The summed E-state index contributed by atoms with van der Waals surface area (Å²) >= 11 is 0. The van der Waals surface area contributed by atoms with Crippen molar-refractivity contribution in [2.45, 2.75) is 12.7 Å². The highest BCUT2D eigenvalue weighted by atomic mass is 35.5. The molecule has 0 spiro atoms. The van der Waals surface area contributed by atoms with Gasteiger partial charge >= 0.3 is 6.18 Å². The van der Waals surface area contributed by atoms with Crippen LogP contribution >= 0.6 is 12.4 Å². The van der Waals surface area contributed by atoms with E-state index in [0.717, 1.165) is 12.1 Å². The van der Waals surface area contributed by atoms with Crippen LogP contribution in [0, 0.1) is 5.82 Å². The first-order valence-corrected chi connectivity index (χ1v) is 5.58. The number of halogens is 5. The minimum Gasteiger partial charge on any atom is -0.326 e. The molecule has 2 aromatic carbocycles. The standard InChI is InChI=1S/C14H11F4N.ClH/c15-13-4-2-1-3-12(13)11-6-5-10(14(16,17)18)7-9(11)8-19;/h1-7H,8,19H2;1H. The van der Waals surface area contributed by atoms with E-state index in [2.05, 4.69) is 0 Å². The SMILES string of the molecule is Cl.NCc1cc(C(F)(F)F)ccc1-c1ccccc1F. The van der Waals surface area contributed by atoms with Crippen LogP contribution < -0.4 is 5.73 Å². The molecule has 0 aromatic heterocycles. The van der Waals surface area contributed by atoms with Crippen molar-refractivity contribution in [1.29, 1.82) is 0 Å². The maximum absolute atomic E-state index is 13.7. The van der Waals surface area contributed by atoms with Crippen molar-refractivity contribution in [1.82, 2.24) is 0 Å². The van der Waals surface area contributed by atoms with Gasteiger partial charge in [0.2, 0.25) is 0 Å². The average Bonchev–Trinajstić information content (AvgIpc) is 2.37. The molecule has 20 heavy (non-hydrogen) atoms. The number of hydrogen-bond acceptors (Lipinski definition) is 1. The van der Waals surface area contributed by atoms with Gasteiger partial charge in [0, 0.05) is 12.1 Å². The normalized spacial score (nSPS) is 11.1. The van der Waals surface area contributed by atoms with E-state index < -0.39 is 17.6 Å². The first-order chi connectivity index (χ1) is 8.93. The van der Waals surface area contributed by atoms with Crippen LogP contribution in [-0.2, 0) is 12.7 Å². The molecule has 0 unspecified atom stereocenters. The van der Waals surface area contributed by atoms with Crippen molar-refractivity contribution >= 4 is 12.4 Å². The molecule has 108 valence electrons. The van der Waals surface area contributed by atoms with Crippen LogP contribution in [0.1, 0.15) is 11.1 Å².